The van der Waals surface area contributed by atoms with E-state index in [9.17, 15) is 25.6 Å². The molecule has 212 valence electrons. The molecule has 1 aliphatic heterocycles. The molecule has 0 spiro atoms. The first-order valence-corrected chi connectivity index (χ1v) is 15.4. The third kappa shape index (κ3) is 6.97. The van der Waals surface area contributed by atoms with Gasteiger partial charge in [0.05, 0.1) is 18.5 Å². The van der Waals surface area contributed by atoms with E-state index in [1.54, 1.807) is 54.6 Å². The van der Waals surface area contributed by atoms with Gasteiger partial charge in [-0.15, -0.1) is 10.2 Å². The van der Waals surface area contributed by atoms with Crippen LogP contribution in [-0.2, 0) is 26.8 Å². The van der Waals surface area contributed by atoms with Crippen molar-refractivity contribution in [1.29, 1.82) is 0 Å². The number of sulfonamides is 1. The normalized spacial score (nSPS) is 15.7. The smallest absolute Gasteiger partial charge is 0.314 e. The Kier molecular flexibility index (Phi) is 8.96. The van der Waals surface area contributed by atoms with Crippen molar-refractivity contribution in [3.63, 3.8) is 0 Å². The van der Waals surface area contributed by atoms with Crippen LogP contribution in [0.1, 0.15) is 17.9 Å². The van der Waals surface area contributed by atoms with Crippen LogP contribution in [0.4, 0.5) is 14.5 Å². The maximum atomic E-state index is 13.8. The van der Waals surface area contributed by atoms with Gasteiger partial charge in [0, 0.05) is 51.9 Å². The lowest BCUT2D eigenvalue weighted by atomic mass is 10.1. The van der Waals surface area contributed by atoms with E-state index in [2.05, 4.69) is 10.2 Å². The van der Waals surface area contributed by atoms with Crippen LogP contribution in [0, 0.1) is 0 Å². The maximum absolute atomic E-state index is 13.8. The molecule has 11 nitrogen and oxygen atoms in total. The van der Waals surface area contributed by atoms with E-state index in [0.717, 1.165) is 0 Å². The fraction of sp³-hybridized carbons (Fsp3) is 0.417. The van der Waals surface area contributed by atoms with Crippen LogP contribution in [0.5, 0.6) is 0 Å². The minimum absolute atomic E-state index is 0.119. The minimum atomic E-state index is -4.05. The van der Waals surface area contributed by atoms with Crippen LogP contribution in [0.15, 0.2) is 59.0 Å². The van der Waals surface area contributed by atoms with Crippen molar-refractivity contribution in [2.45, 2.75) is 13.0 Å². The third-order valence-electron chi connectivity index (χ3n) is 6.44. The highest BCUT2D eigenvalue weighted by Gasteiger charge is 2.30. The molecule has 0 amide bonds. The Hall–Kier alpha value is -2.98. The number of alkyl halides is 2. The Bertz CT molecular complexity index is 1460. The summed E-state index contributed by atoms with van der Waals surface area (Å²) in [6.07, 6.45) is -1.75. The maximum Gasteiger partial charge on any atom is 0.314 e. The van der Waals surface area contributed by atoms with Gasteiger partial charge in [-0.25, -0.2) is 8.42 Å². The van der Waals surface area contributed by atoms with Gasteiger partial charge in [0.2, 0.25) is 15.9 Å². The summed E-state index contributed by atoms with van der Waals surface area (Å²) in [5.74, 6) is -0.947. The largest absolute Gasteiger partial charge is 0.415 e. The molecule has 0 saturated carbocycles. The Labute approximate surface area is 226 Å². The molecular formula is C24H30F2N6O5S2. The quantitative estimate of drug-likeness (QED) is 0.337. The van der Waals surface area contributed by atoms with Crippen molar-refractivity contribution >= 4 is 25.9 Å². The zero-order valence-electron chi connectivity index (χ0n) is 21.5. The van der Waals surface area contributed by atoms with E-state index in [0.29, 0.717) is 49.5 Å². The number of benzene rings is 2. The van der Waals surface area contributed by atoms with E-state index >= 15 is 0 Å². The first-order chi connectivity index (χ1) is 18.5. The molecule has 15 heteroatoms. The fourth-order valence-corrected chi connectivity index (χ4v) is 6.37. The lowest BCUT2D eigenvalue weighted by molar-refractivity contribution is 0.116. The average Bonchev–Trinajstić information content (AvgIpc) is 3.41. The van der Waals surface area contributed by atoms with Gasteiger partial charge >= 0.3 is 16.6 Å². The van der Waals surface area contributed by atoms with Crippen LogP contribution in [0.3, 0.4) is 0 Å². The standard InChI is InChI=1S/C24H30F2N6O5S2/c1-29(12-13-30-14-16-31(17-15-30)38(2,33)34)39(35,36)32(20-9-4-3-5-10-20)18-19-8-6-7-11-21(19)23-27-28-24(37-23)22(25)26/h3-11,22H,12-18H2,1-2H3. The molecule has 0 N–H and O–H groups in total. The van der Waals surface area contributed by atoms with E-state index in [4.69, 9.17) is 4.42 Å². The van der Waals surface area contributed by atoms with Crippen LogP contribution in [0.2, 0.25) is 0 Å². The van der Waals surface area contributed by atoms with E-state index in [1.165, 1.54) is 26.2 Å². The molecule has 0 unspecified atom stereocenters. The molecule has 1 fully saturated rings. The number of nitrogens with zero attached hydrogens (tertiary/aromatic N) is 6. The molecule has 2 aromatic carbocycles. The van der Waals surface area contributed by atoms with Crippen LogP contribution in [-0.4, -0.2) is 93.1 Å². The van der Waals surface area contributed by atoms with E-state index < -0.39 is 32.5 Å². The molecule has 1 aromatic heterocycles. The second kappa shape index (κ2) is 12.0. The molecule has 0 atom stereocenters. The topological polar surface area (TPSA) is 120 Å². The fourth-order valence-electron chi connectivity index (χ4n) is 4.20. The zero-order chi connectivity index (χ0) is 28.2. The molecule has 0 aliphatic carbocycles. The summed E-state index contributed by atoms with van der Waals surface area (Å²) >= 11 is 0. The zero-order valence-corrected chi connectivity index (χ0v) is 23.2. The van der Waals surface area contributed by atoms with E-state index in [1.807, 2.05) is 4.90 Å². The van der Waals surface area contributed by atoms with Crippen molar-refractivity contribution in [3.05, 3.63) is 66.1 Å². The number of anilines is 1. The minimum Gasteiger partial charge on any atom is -0.415 e. The van der Waals surface area contributed by atoms with Crippen LogP contribution < -0.4 is 4.31 Å². The average molecular weight is 585 g/mol. The number of piperazine rings is 1. The van der Waals surface area contributed by atoms with Gasteiger partial charge in [-0.3, -0.25) is 9.21 Å². The highest BCUT2D eigenvalue weighted by Crippen LogP contribution is 2.29. The van der Waals surface area contributed by atoms with Gasteiger partial charge in [0.1, 0.15) is 0 Å². The first kappa shape index (κ1) is 29.0. The summed E-state index contributed by atoms with van der Waals surface area (Å²) in [4.78, 5) is 2.02. The summed E-state index contributed by atoms with van der Waals surface area (Å²) in [5, 5.41) is 7.11. The molecule has 39 heavy (non-hydrogen) atoms. The second-order valence-electron chi connectivity index (χ2n) is 9.08. The van der Waals surface area contributed by atoms with Gasteiger partial charge in [-0.2, -0.15) is 25.8 Å². The highest BCUT2D eigenvalue weighted by atomic mass is 32.2. The lowest BCUT2D eigenvalue weighted by Crippen LogP contribution is -2.51. The molecule has 1 saturated heterocycles. The number of halogens is 2. The molecular weight excluding hydrogens is 554 g/mol. The summed E-state index contributed by atoms with van der Waals surface area (Å²) in [6, 6.07) is 15.2. The molecule has 0 bridgehead atoms. The summed E-state index contributed by atoms with van der Waals surface area (Å²) in [6.45, 7) is 2.18. The number of hydrogen-bond donors (Lipinski definition) is 0. The Morgan fingerprint density at radius 2 is 1.59 bits per heavy atom. The Morgan fingerprint density at radius 1 is 0.949 bits per heavy atom. The van der Waals surface area contributed by atoms with Crippen LogP contribution in [0.25, 0.3) is 11.5 Å². The molecule has 4 rings (SSSR count). The summed E-state index contributed by atoms with van der Waals surface area (Å²) < 4.78 is 86.3. The molecule has 2 heterocycles. The summed E-state index contributed by atoms with van der Waals surface area (Å²) in [7, 11) is -5.82. The second-order valence-corrected chi connectivity index (χ2v) is 13.0. The molecule has 1 aliphatic rings. The van der Waals surface area contributed by atoms with Crippen molar-refractivity contribution in [2.24, 2.45) is 0 Å². The number of aromatic nitrogens is 2. The lowest BCUT2D eigenvalue weighted by Gasteiger charge is -2.35. The summed E-state index contributed by atoms with van der Waals surface area (Å²) in [5.41, 5.74) is 1.25. The predicted molar refractivity (Wildman–Crippen MR) is 142 cm³/mol. The van der Waals surface area contributed by atoms with E-state index in [-0.39, 0.29) is 19.0 Å². The van der Waals surface area contributed by atoms with Gasteiger partial charge in [0.25, 0.3) is 5.89 Å². The number of rotatable bonds is 11. The number of para-hydroxylation sites is 1. The monoisotopic (exact) mass is 584 g/mol. The molecule has 0 radical (unpaired) electrons. The van der Waals surface area contributed by atoms with Crippen molar-refractivity contribution in [2.75, 3.05) is 56.9 Å². The van der Waals surface area contributed by atoms with Crippen molar-refractivity contribution in [3.8, 4) is 11.5 Å². The highest BCUT2D eigenvalue weighted by molar-refractivity contribution is 7.90. The van der Waals surface area contributed by atoms with Crippen LogP contribution >= 0.6 is 0 Å². The van der Waals surface area contributed by atoms with Gasteiger partial charge in [0.15, 0.2) is 0 Å². The first-order valence-electron chi connectivity index (χ1n) is 12.1. The van der Waals surface area contributed by atoms with Gasteiger partial charge in [-0.05, 0) is 23.8 Å². The SMILES string of the molecule is CN(CCN1CCN(S(C)(=O)=O)CC1)S(=O)(=O)N(Cc1ccccc1-c1nnc(C(F)F)o1)c1ccccc1. The van der Waals surface area contributed by atoms with Crippen molar-refractivity contribution in [1.82, 2.24) is 23.7 Å². The number of likely N-dealkylation sites (N-methyl/N-ethyl adjacent to an activating group) is 1. The molecule has 3 aromatic rings. The number of hydrogen-bond acceptors (Lipinski definition) is 8. The third-order valence-corrected chi connectivity index (χ3v) is 9.61. The predicted octanol–water partition coefficient (Wildman–Crippen LogP) is 2.43. The Morgan fingerprint density at radius 3 is 2.21 bits per heavy atom. The van der Waals surface area contributed by atoms with Gasteiger partial charge < -0.3 is 4.42 Å². The van der Waals surface area contributed by atoms with Gasteiger partial charge in [-0.1, -0.05) is 36.4 Å². The Balaban J connectivity index is 1.54. The van der Waals surface area contributed by atoms with Crippen molar-refractivity contribution < 1.29 is 30.0 Å².